The van der Waals surface area contributed by atoms with Crippen molar-refractivity contribution in [1.29, 1.82) is 5.26 Å². The average Bonchev–Trinajstić information content (AvgIpc) is 3.39. The van der Waals surface area contributed by atoms with E-state index in [0.29, 0.717) is 12.5 Å². The molecule has 240 valence electrons. The fourth-order valence-electron chi connectivity index (χ4n) is 4.66. The summed E-state index contributed by atoms with van der Waals surface area (Å²) in [5, 5.41) is 19.6. The minimum atomic E-state index is -3.43. The minimum absolute atomic E-state index is 0.0606. The summed E-state index contributed by atoms with van der Waals surface area (Å²) in [5.74, 6) is -2.21. The van der Waals surface area contributed by atoms with Gasteiger partial charge in [-0.3, -0.25) is 4.79 Å². The number of alkyl halides is 3. The van der Waals surface area contributed by atoms with Crippen LogP contribution in [0.3, 0.4) is 0 Å². The lowest BCUT2D eigenvalue weighted by Gasteiger charge is -2.27. The molecule has 3 aromatic rings. The summed E-state index contributed by atoms with van der Waals surface area (Å²) < 4.78 is 74.2. The molecule has 0 radical (unpaired) electrons. The zero-order valence-corrected chi connectivity index (χ0v) is 25.8. The molecule has 2 aromatic carbocycles. The molecule has 1 aromatic heterocycles. The van der Waals surface area contributed by atoms with Crippen LogP contribution in [0.2, 0.25) is 0 Å². The van der Waals surface area contributed by atoms with E-state index in [4.69, 9.17) is 9.15 Å². The van der Waals surface area contributed by atoms with Gasteiger partial charge < -0.3 is 24.1 Å². The average molecular weight is 632 g/mol. The van der Waals surface area contributed by atoms with Gasteiger partial charge in [-0.05, 0) is 71.4 Å². The Morgan fingerprint density at radius 2 is 1.80 bits per heavy atom. The molecule has 45 heavy (non-hydrogen) atoms. The summed E-state index contributed by atoms with van der Waals surface area (Å²) in [6, 6.07) is 8.08. The second-order valence-corrected chi connectivity index (χ2v) is 12.6. The molecule has 1 N–H and O–H groups in total. The maximum absolute atomic E-state index is 16.5. The molecule has 2 atom stereocenters. The van der Waals surface area contributed by atoms with Gasteiger partial charge in [-0.15, -0.1) is 10.2 Å². The Kier molecular flexibility index (Phi) is 8.63. The third kappa shape index (κ3) is 7.71. The van der Waals surface area contributed by atoms with Crippen molar-refractivity contribution in [3.05, 3.63) is 59.2 Å². The molecule has 2 heterocycles. The molecule has 4 rings (SSSR count). The van der Waals surface area contributed by atoms with Crippen LogP contribution in [0.15, 0.2) is 40.8 Å². The van der Waals surface area contributed by atoms with Gasteiger partial charge in [-0.2, -0.15) is 14.0 Å². The summed E-state index contributed by atoms with van der Waals surface area (Å²) in [7, 11) is 0. The van der Waals surface area contributed by atoms with Crippen molar-refractivity contribution >= 4 is 17.7 Å². The first-order valence-electron chi connectivity index (χ1n) is 13.9. The number of rotatable bonds is 7. The number of alkyl carbamates (subject to hydrolysis) is 1. The monoisotopic (exact) mass is 631 g/mol. The number of benzene rings is 2. The van der Waals surface area contributed by atoms with Crippen LogP contribution >= 0.6 is 0 Å². The van der Waals surface area contributed by atoms with Crippen LogP contribution in [0, 0.1) is 17.1 Å². The third-order valence-electron chi connectivity index (χ3n) is 6.81. The quantitative estimate of drug-likeness (QED) is 0.286. The molecule has 0 fully saturated rings. The maximum atomic E-state index is 16.5. The molecule has 14 heteroatoms. The second-order valence-electron chi connectivity index (χ2n) is 12.6. The van der Waals surface area contributed by atoms with E-state index < -0.39 is 53.1 Å². The Morgan fingerprint density at radius 1 is 1.16 bits per heavy atom. The van der Waals surface area contributed by atoms with E-state index in [1.54, 1.807) is 20.8 Å². The molecule has 0 bridgehead atoms. The largest absolute Gasteiger partial charge is 0.444 e. The highest BCUT2D eigenvalue weighted by Crippen LogP contribution is 2.44. The number of carbonyl (C=O) groups is 2. The Balaban J connectivity index is 1.82. The number of aromatic nitrogens is 2. The zero-order chi connectivity index (χ0) is 33.5. The van der Waals surface area contributed by atoms with E-state index in [1.165, 1.54) is 44.2 Å². The molecule has 0 saturated carbocycles. The van der Waals surface area contributed by atoms with Gasteiger partial charge in [0.2, 0.25) is 11.8 Å². The number of nitriles is 1. The van der Waals surface area contributed by atoms with Crippen molar-refractivity contribution in [2.75, 3.05) is 4.90 Å². The van der Waals surface area contributed by atoms with Crippen LogP contribution in [0.5, 0.6) is 5.75 Å². The highest BCUT2D eigenvalue weighted by molar-refractivity contribution is 6.01. The number of anilines is 1. The minimum Gasteiger partial charge on any atom is -0.444 e. The van der Waals surface area contributed by atoms with Crippen LogP contribution in [0.25, 0.3) is 11.5 Å². The number of hydrogen-bond donors (Lipinski definition) is 1. The van der Waals surface area contributed by atoms with Crippen molar-refractivity contribution in [2.45, 2.75) is 90.3 Å². The molecule has 1 aliphatic heterocycles. The molecule has 10 nitrogen and oxygen atoms in total. The van der Waals surface area contributed by atoms with Gasteiger partial charge in [0.25, 0.3) is 5.89 Å². The molecule has 1 aliphatic rings. The summed E-state index contributed by atoms with van der Waals surface area (Å²) in [5.41, 5.74) is -4.55. The lowest BCUT2D eigenvalue weighted by molar-refractivity contribution is -0.158. The first-order chi connectivity index (χ1) is 20.7. The molecule has 2 amide bonds. The first kappa shape index (κ1) is 33.2. The van der Waals surface area contributed by atoms with Crippen LogP contribution in [0.1, 0.15) is 71.9 Å². The SMILES string of the molecule is CC(C)(C)OC(=O)NC1C[C@@](C)(F)c2cc(F)c(-c3nnc(C(C)(C)C#N)o3)cc2N(Cc2ccc(OC(C)(F)F)cc2)C1=O. The molecular weight excluding hydrogens is 598 g/mol. The van der Waals surface area contributed by atoms with Gasteiger partial charge in [-0.25, -0.2) is 13.6 Å². The van der Waals surface area contributed by atoms with Gasteiger partial charge in [0.05, 0.1) is 23.9 Å². The van der Waals surface area contributed by atoms with E-state index in [9.17, 15) is 23.6 Å². The van der Waals surface area contributed by atoms with Gasteiger partial charge >= 0.3 is 12.2 Å². The molecule has 0 spiro atoms. The molecular formula is C31H33F4N5O5. The highest BCUT2D eigenvalue weighted by Gasteiger charge is 2.44. The van der Waals surface area contributed by atoms with E-state index in [1.807, 2.05) is 6.07 Å². The number of fused-ring (bicyclic) bond motifs is 1. The van der Waals surface area contributed by atoms with E-state index in [0.717, 1.165) is 17.9 Å². The first-order valence-corrected chi connectivity index (χ1v) is 13.9. The van der Waals surface area contributed by atoms with Crippen molar-refractivity contribution in [2.24, 2.45) is 0 Å². The Labute approximate surface area is 257 Å². The normalized spacial score (nSPS) is 18.9. The van der Waals surface area contributed by atoms with Gasteiger partial charge in [0.15, 0.2) is 0 Å². The number of halogens is 4. The fourth-order valence-corrected chi connectivity index (χ4v) is 4.66. The Bertz CT molecular complexity index is 1640. The smallest absolute Gasteiger partial charge is 0.408 e. The summed E-state index contributed by atoms with van der Waals surface area (Å²) in [4.78, 5) is 27.9. The standard InChI is InChI=1S/C31H33F4N5O5/c1-28(2,3)45-27(42)37-22-14-30(6,33)20-13-21(32)19(24-38-39-26(43-24)29(4,5)16-36)12-23(20)40(25(22)41)15-17-8-10-18(11-9-17)44-31(7,34)35/h8-13,22H,14-15H2,1-7H3,(H,37,42)/t22?,30-/m1/s1. The predicted molar refractivity (Wildman–Crippen MR) is 153 cm³/mol. The van der Waals surface area contributed by atoms with Gasteiger partial charge in [0, 0.05) is 18.9 Å². The summed E-state index contributed by atoms with van der Waals surface area (Å²) >= 11 is 0. The number of carbonyl (C=O) groups excluding carboxylic acids is 2. The van der Waals surface area contributed by atoms with Crippen LogP contribution in [-0.2, 0) is 27.2 Å². The number of hydrogen-bond acceptors (Lipinski definition) is 8. The van der Waals surface area contributed by atoms with Gasteiger partial charge in [0.1, 0.15) is 34.3 Å². The number of nitrogens with zero attached hydrogens (tertiary/aromatic N) is 4. The van der Waals surface area contributed by atoms with Crippen molar-refractivity contribution < 1.29 is 41.0 Å². The zero-order valence-electron chi connectivity index (χ0n) is 25.8. The summed E-state index contributed by atoms with van der Waals surface area (Å²) in [6.45, 7) is 9.43. The Morgan fingerprint density at radius 3 is 2.38 bits per heavy atom. The van der Waals surface area contributed by atoms with Crippen LogP contribution in [-0.4, -0.2) is 39.9 Å². The van der Waals surface area contributed by atoms with Crippen LogP contribution in [0.4, 0.5) is 28.0 Å². The molecule has 1 unspecified atom stereocenters. The number of amides is 2. The molecule has 0 saturated heterocycles. The van der Waals surface area contributed by atoms with E-state index >= 15 is 8.78 Å². The van der Waals surface area contributed by atoms with Crippen molar-refractivity contribution in [3.63, 3.8) is 0 Å². The van der Waals surface area contributed by atoms with E-state index in [-0.39, 0.29) is 40.9 Å². The fraction of sp³-hybridized carbons (Fsp3) is 0.452. The van der Waals surface area contributed by atoms with E-state index in [2.05, 4.69) is 20.3 Å². The number of nitrogens with one attached hydrogen (secondary N) is 1. The molecule has 0 aliphatic carbocycles. The highest BCUT2D eigenvalue weighted by atomic mass is 19.3. The lowest BCUT2D eigenvalue weighted by atomic mass is 9.90. The Hall–Kier alpha value is -4.67. The maximum Gasteiger partial charge on any atom is 0.408 e. The number of ether oxygens (including phenoxy) is 2. The topological polar surface area (TPSA) is 131 Å². The predicted octanol–water partition coefficient (Wildman–Crippen LogP) is 6.68. The third-order valence-corrected chi connectivity index (χ3v) is 6.81. The van der Waals surface area contributed by atoms with Crippen LogP contribution < -0.4 is 15.0 Å². The van der Waals surface area contributed by atoms with Crippen molar-refractivity contribution in [3.8, 4) is 23.3 Å². The van der Waals surface area contributed by atoms with Crippen molar-refractivity contribution in [1.82, 2.24) is 15.5 Å². The lowest BCUT2D eigenvalue weighted by Crippen LogP contribution is -2.50. The second kappa shape index (κ2) is 11.7. The summed E-state index contributed by atoms with van der Waals surface area (Å²) in [6.07, 6.45) is -4.95. The van der Waals surface area contributed by atoms with Gasteiger partial charge in [-0.1, -0.05) is 12.1 Å².